The predicted octanol–water partition coefficient (Wildman–Crippen LogP) is 1.60. The molecule has 1 amide bonds. The van der Waals surface area contributed by atoms with Crippen LogP contribution in [0.3, 0.4) is 0 Å². The van der Waals surface area contributed by atoms with Crippen LogP contribution >= 0.6 is 0 Å². The molecule has 0 bridgehead atoms. The van der Waals surface area contributed by atoms with Gasteiger partial charge in [-0.1, -0.05) is 0 Å². The fourth-order valence-electron chi connectivity index (χ4n) is 1.82. The monoisotopic (exact) mass is 287 g/mol. The van der Waals surface area contributed by atoms with E-state index in [1.165, 1.54) is 11.8 Å². The molecule has 1 heterocycles. The minimum atomic E-state index is -2.04. The molecule has 1 atom stereocenters. The molecule has 1 fully saturated rings. The fraction of sp³-hybridized carbons (Fsp3) is 0.462. The number of halogens is 2. The second-order valence-corrected chi connectivity index (χ2v) is 4.58. The van der Waals surface area contributed by atoms with Gasteiger partial charge in [0.25, 0.3) is 0 Å². The molecule has 110 valence electrons. The highest BCUT2D eigenvalue weighted by molar-refractivity contribution is 5.68. The molecule has 2 rings (SSSR count). The summed E-state index contributed by atoms with van der Waals surface area (Å²) in [6.07, 6.45) is -0.733. The third-order valence-electron chi connectivity index (χ3n) is 3.01. The van der Waals surface area contributed by atoms with Gasteiger partial charge in [-0.2, -0.15) is 0 Å². The van der Waals surface area contributed by atoms with Crippen molar-refractivity contribution in [1.82, 2.24) is 4.90 Å². The molecule has 0 radical (unpaired) electrons. The van der Waals surface area contributed by atoms with Crippen molar-refractivity contribution in [2.45, 2.75) is 12.7 Å². The Balaban J connectivity index is 2.09. The minimum absolute atomic E-state index is 0.0435. The Kier molecular flexibility index (Phi) is 4.20. The lowest BCUT2D eigenvalue weighted by Gasteiger charge is -2.30. The van der Waals surface area contributed by atoms with Crippen LogP contribution in [-0.4, -0.2) is 42.4 Å². The molecule has 0 aromatic heterocycles. The van der Waals surface area contributed by atoms with Gasteiger partial charge in [0.1, 0.15) is 0 Å². The number of benzene rings is 1. The van der Waals surface area contributed by atoms with Gasteiger partial charge in [0.15, 0.2) is 11.6 Å². The van der Waals surface area contributed by atoms with Crippen LogP contribution < -0.4 is 0 Å². The summed E-state index contributed by atoms with van der Waals surface area (Å²) >= 11 is 0. The molecule has 1 aromatic rings. The van der Waals surface area contributed by atoms with Gasteiger partial charge in [-0.3, -0.25) is 0 Å². The van der Waals surface area contributed by atoms with Crippen molar-refractivity contribution >= 4 is 6.09 Å². The summed E-state index contributed by atoms with van der Waals surface area (Å²) < 4.78 is 36.0. The van der Waals surface area contributed by atoms with Gasteiger partial charge in [0.2, 0.25) is 5.79 Å². The number of rotatable bonds is 2. The second-order valence-electron chi connectivity index (χ2n) is 4.58. The Morgan fingerprint density at radius 2 is 2.00 bits per heavy atom. The number of nitrogens with zero attached hydrogens (tertiary/aromatic N) is 1. The van der Waals surface area contributed by atoms with Crippen molar-refractivity contribution in [3.05, 3.63) is 35.4 Å². The number of carbonyl (C=O) groups excluding carboxylic acids is 1. The van der Waals surface area contributed by atoms with Gasteiger partial charge in [0.05, 0.1) is 13.2 Å². The number of morpholine rings is 1. The van der Waals surface area contributed by atoms with Gasteiger partial charge in [0, 0.05) is 25.6 Å². The molecule has 0 saturated carbocycles. The summed E-state index contributed by atoms with van der Waals surface area (Å²) in [6, 6.07) is 2.81. The summed E-state index contributed by atoms with van der Waals surface area (Å²) in [5.41, 5.74) is -0.0435. The Morgan fingerprint density at radius 1 is 1.35 bits per heavy atom. The van der Waals surface area contributed by atoms with E-state index in [2.05, 4.69) is 0 Å². The summed E-state index contributed by atoms with van der Waals surface area (Å²) in [5, 5.41) is 10.1. The summed E-state index contributed by atoms with van der Waals surface area (Å²) in [6.45, 7) is 2.68. The van der Waals surface area contributed by atoms with E-state index in [0.29, 0.717) is 26.3 Å². The van der Waals surface area contributed by atoms with E-state index >= 15 is 0 Å². The SMILES string of the molecule is CC(O)(OC(=O)N1CCOCC1)c1ccc(F)c(F)c1. The van der Waals surface area contributed by atoms with E-state index in [-0.39, 0.29) is 5.56 Å². The lowest BCUT2D eigenvalue weighted by molar-refractivity contribution is -0.164. The quantitative estimate of drug-likeness (QED) is 0.839. The maximum atomic E-state index is 13.1. The van der Waals surface area contributed by atoms with Crippen LogP contribution in [0.25, 0.3) is 0 Å². The predicted molar refractivity (Wildman–Crippen MR) is 64.8 cm³/mol. The zero-order valence-corrected chi connectivity index (χ0v) is 10.9. The minimum Gasteiger partial charge on any atom is -0.413 e. The maximum Gasteiger partial charge on any atom is 0.412 e. The van der Waals surface area contributed by atoms with Crippen molar-refractivity contribution in [2.75, 3.05) is 26.3 Å². The van der Waals surface area contributed by atoms with Crippen LogP contribution in [0.5, 0.6) is 0 Å². The van der Waals surface area contributed by atoms with Gasteiger partial charge in [-0.15, -0.1) is 0 Å². The molecule has 1 N–H and O–H groups in total. The third-order valence-corrected chi connectivity index (χ3v) is 3.01. The number of ether oxygens (including phenoxy) is 2. The highest BCUT2D eigenvalue weighted by Crippen LogP contribution is 2.24. The number of aliphatic hydroxyl groups is 1. The second kappa shape index (κ2) is 5.72. The van der Waals surface area contributed by atoms with Gasteiger partial charge in [-0.25, -0.2) is 13.6 Å². The van der Waals surface area contributed by atoms with E-state index in [4.69, 9.17) is 9.47 Å². The molecule has 1 saturated heterocycles. The van der Waals surface area contributed by atoms with Crippen molar-refractivity contribution in [3.8, 4) is 0 Å². The van der Waals surface area contributed by atoms with E-state index in [9.17, 15) is 18.7 Å². The van der Waals surface area contributed by atoms with Crippen LogP contribution in [0, 0.1) is 11.6 Å². The standard InChI is InChI=1S/C13H15F2NO4/c1-13(18,9-2-3-10(14)11(15)8-9)20-12(17)16-4-6-19-7-5-16/h2-3,8,18H,4-7H2,1H3. The zero-order valence-electron chi connectivity index (χ0n) is 10.9. The molecule has 7 heteroatoms. The topological polar surface area (TPSA) is 59.0 Å². The highest BCUT2D eigenvalue weighted by atomic mass is 19.2. The molecule has 1 aliphatic heterocycles. The van der Waals surface area contributed by atoms with Gasteiger partial charge >= 0.3 is 6.09 Å². The lowest BCUT2D eigenvalue weighted by atomic mass is 10.1. The molecule has 1 aliphatic rings. The van der Waals surface area contributed by atoms with Crippen molar-refractivity contribution < 1.29 is 28.2 Å². The summed E-state index contributed by atoms with van der Waals surface area (Å²) in [4.78, 5) is 13.2. The number of hydrogen-bond donors (Lipinski definition) is 1. The first-order valence-electron chi connectivity index (χ1n) is 6.14. The van der Waals surface area contributed by atoms with E-state index in [0.717, 1.165) is 18.2 Å². The summed E-state index contributed by atoms with van der Waals surface area (Å²) in [7, 11) is 0. The summed E-state index contributed by atoms with van der Waals surface area (Å²) in [5.74, 6) is -4.20. The fourth-order valence-corrected chi connectivity index (χ4v) is 1.82. The first-order chi connectivity index (χ1) is 9.40. The molecule has 0 aliphatic carbocycles. The zero-order chi connectivity index (χ0) is 14.8. The molecule has 1 aromatic carbocycles. The molecular formula is C13H15F2NO4. The largest absolute Gasteiger partial charge is 0.413 e. The molecule has 0 spiro atoms. The van der Waals surface area contributed by atoms with Crippen molar-refractivity contribution in [1.29, 1.82) is 0 Å². The van der Waals surface area contributed by atoms with Crippen LogP contribution in [0.2, 0.25) is 0 Å². The Morgan fingerprint density at radius 3 is 2.60 bits per heavy atom. The smallest absolute Gasteiger partial charge is 0.412 e. The van der Waals surface area contributed by atoms with E-state index < -0.39 is 23.5 Å². The molecular weight excluding hydrogens is 272 g/mol. The van der Waals surface area contributed by atoms with E-state index in [1.807, 2.05) is 0 Å². The highest BCUT2D eigenvalue weighted by Gasteiger charge is 2.31. The first kappa shape index (κ1) is 14.7. The van der Waals surface area contributed by atoms with Crippen LogP contribution in [0.4, 0.5) is 13.6 Å². The maximum absolute atomic E-state index is 13.1. The van der Waals surface area contributed by atoms with Crippen LogP contribution in [-0.2, 0) is 15.3 Å². The van der Waals surface area contributed by atoms with Gasteiger partial charge in [-0.05, 0) is 18.2 Å². The average Bonchev–Trinajstić information content (AvgIpc) is 2.42. The first-order valence-corrected chi connectivity index (χ1v) is 6.14. The van der Waals surface area contributed by atoms with Crippen LogP contribution in [0.1, 0.15) is 12.5 Å². The van der Waals surface area contributed by atoms with Crippen LogP contribution in [0.15, 0.2) is 18.2 Å². The number of carbonyl (C=O) groups is 1. The van der Waals surface area contributed by atoms with Crippen molar-refractivity contribution in [2.24, 2.45) is 0 Å². The average molecular weight is 287 g/mol. The Bertz CT molecular complexity index is 501. The normalized spacial score (nSPS) is 18.5. The number of hydrogen-bond acceptors (Lipinski definition) is 4. The third kappa shape index (κ3) is 3.23. The van der Waals surface area contributed by atoms with E-state index in [1.54, 1.807) is 0 Å². The molecule has 5 nitrogen and oxygen atoms in total. The molecule has 1 unspecified atom stereocenters. The molecule has 20 heavy (non-hydrogen) atoms. The Hall–Kier alpha value is -1.73. The van der Waals surface area contributed by atoms with Crippen molar-refractivity contribution in [3.63, 3.8) is 0 Å². The lowest BCUT2D eigenvalue weighted by Crippen LogP contribution is -2.44. The Labute approximate surface area is 114 Å². The number of amides is 1. The van der Waals surface area contributed by atoms with Gasteiger partial charge < -0.3 is 19.5 Å².